The van der Waals surface area contributed by atoms with E-state index in [9.17, 15) is 8.42 Å². The van der Waals surface area contributed by atoms with Crippen LogP contribution in [0.1, 0.15) is 38.4 Å². The van der Waals surface area contributed by atoms with Crippen molar-refractivity contribution in [3.63, 3.8) is 0 Å². The van der Waals surface area contributed by atoms with Gasteiger partial charge >= 0.3 is 12.0 Å². The smallest absolute Gasteiger partial charge is 0.328 e. The van der Waals surface area contributed by atoms with Gasteiger partial charge in [-0.15, -0.1) is 4.37 Å². The minimum absolute atomic E-state index is 0.0320. The molecule has 166 valence electrons. The van der Waals surface area contributed by atoms with Crippen molar-refractivity contribution in [2.75, 3.05) is 30.9 Å². The summed E-state index contributed by atoms with van der Waals surface area (Å²) in [4.78, 5) is 15.0. The topological polar surface area (TPSA) is 124 Å². The molecule has 0 spiro atoms. The van der Waals surface area contributed by atoms with E-state index in [4.69, 9.17) is 9.26 Å². The summed E-state index contributed by atoms with van der Waals surface area (Å²) in [5.41, 5.74) is 0.702. The summed E-state index contributed by atoms with van der Waals surface area (Å²) in [6.45, 7) is 6.29. The summed E-state index contributed by atoms with van der Waals surface area (Å²) >= 11 is 1.19. The Morgan fingerprint density at radius 3 is 2.65 bits per heavy atom. The van der Waals surface area contributed by atoms with Crippen molar-refractivity contribution in [2.24, 2.45) is 5.92 Å². The van der Waals surface area contributed by atoms with Gasteiger partial charge in [0.1, 0.15) is 5.01 Å². The lowest BCUT2D eigenvalue weighted by molar-refractivity contribution is 0.208. The van der Waals surface area contributed by atoms with Crippen molar-refractivity contribution in [1.82, 2.24) is 24.5 Å². The molecule has 0 aliphatic carbocycles. The first-order valence-corrected chi connectivity index (χ1v) is 12.7. The molecule has 3 aromatic rings. The molecular formula is C19H24N6O4S2. The summed E-state index contributed by atoms with van der Waals surface area (Å²) in [7, 11) is -3.33. The fourth-order valence-corrected chi connectivity index (χ4v) is 4.35. The fraction of sp³-hybridized carbons (Fsp3) is 0.526. The Hall–Kier alpha value is -2.60. The van der Waals surface area contributed by atoms with Crippen LogP contribution in [0.2, 0.25) is 0 Å². The lowest BCUT2D eigenvalue weighted by atomic mass is 9.98. The summed E-state index contributed by atoms with van der Waals surface area (Å²) in [6.07, 6.45) is 4.51. The molecular weight excluding hydrogens is 440 g/mol. The van der Waals surface area contributed by atoms with Gasteiger partial charge in [-0.2, -0.15) is 9.97 Å². The Balaban J connectivity index is 1.28. The molecule has 0 amide bonds. The number of rotatable bonds is 7. The SMILES string of the molecule is CC(C)c1noc(N2CCC(COc3nsc(-c4ccc(S(C)(=O)=O)nc4)n3)CC2)n1. The number of hydrogen-bond acceptors (Lipinski definition) is 11. The summed E-state index contributed by atoms with van der Waals surface area (Å²) < 4.78 is 38.5. The molecule has 3 aromatic heterocycles. The van der Waals surface area contributed by atoms with Gasteiger partial charge in [-0.1, -0.05) is 19.0 Å². The average molecular weight is 465 g/mol. The number of nitrogens with zero attached hydrogens (tertiary/aromatic N) is 6. The van der Waals surface area contributed by atoms with E-state index < -0.39 is 9.84 Å². The van der Waals surface area contributed by atoms with Gasteiger partial charge < -0.3 is 14.2 Å². The van der Waals surface area contributed by atoms with Crippen molar-refractivity contribution < 1.29 is 17.7 Å². The van der Waals surface area contributed by atoms with Crippen molar-refractivity contribution in [3.05, 3.63) is 24.2 Å². The number of piperidine rings is 1. The molecule has 0 radical (unpaired) electrons. The number of sulfone groups is 1. The molecule has 12 heteroatoms. The standard InChI is InChI=1S/C19H24N6O4S2/c1-12(2)16-21-19(29-23-16)25-8-6-13(7-9-25)11-28-18-22-17(30-24-18)14-4-5-15(20-10-14)31(3,26)27/h4-5,10,12-13H,6-9,11H2,1-3H3. The largest absolute Gasteiger partial charge is 0.463 e. The quantitative estimate of drug-likeness (QED) is 0.515. The second kappa shape index (κ2) is 8.87. The van der Waals surface area contributed by atoms with Gasteiger partial charge in [0.2, 0.25) is 0 Å². The van der Waals surface area contributed by atoms with E-state index in [1.54, 1.807) is 6.07 Å². The first-order chi connectivity index (χ1) is 14.8. The third kappa shape index (κ3) is 5.18. The van der Waals surface area contributed by atoms with E-state index in [0.717, 1.165) is 38.0 Å². The number of ether oxygens (including phenoxy) is 1. The van der Waals surface area contributed by atoms with Gasteiger partial charge in [-0.3, -0.25) is 0 Å². The zero-order valence-corrected chi connectivity index (χ0v) is 19.2. The highest BCUT2D eigenvalue weighted by atomic mass is 32.2. The van der Waals surface area contributed by atoms with Gasteiger partial charge in [0.25, 0.3) is 0 Å². The molecule has 0 bridgehead atoms. The molecule has 0 aromatic carbocycles. The monoisotopic (exact) mass is 464 g/mol. The molecule has 0 atom stereocenters. The average Bonchev–Trinajstić information content (AvgIpc) is 3.42. The Labute approximate surface area is 184 Å². The van der Waals surface area contributed by atoms with Crippen molar-refractivity contribution in [3.8, 4) is 16.6 Å². The molecule has 1 aliphatic rings. The molecule has 1 aliphatic heterocycles. The van der Waals surface area contributed by atoms with Gasteiger partial charge in [-0.05, 0) is 42.4 Å². The predicted octanol–water partition coefficient (Wildman–Crippen LogP) is 2.81. The Bertz CT molecular complexity index is 1120. The Morgan fingerprint density at radius 1 is 1.26 bits per heavy atom. The zero-order chi connectivity index (χ0) is 22.0. The lowest BCUT2D eigenvalue weighted by Crippen LogP contribution is -2.35. The van der Waals surface area contributed by atoms with Crippen LogP contribution in [0.15, 0.2) is 27.9 Å². The molecule has 10 nitrogen and oxygen atoms in total. The summed E-state index contributed by atoms with van der Waals surface area (Å²) in [6, 6.07) is 4.05. The van der Waals surface area contributed by atoms with Crippen LogP contribution in [0.4, 0.5) is 6.01 Å². The molecule has 0 unspecified atom stereocenters. The second-order valence-electron chi connectivity index (χ2n) is 7.87. The highest BCUT2D eigenvalue weighted by Crippen LogP contribution is 2.26. The Kier molecular flexibility index (Phi) is 6.19. The maximum atomic E-state index is 11.5. The third-order valence-corrected chi connectivity index (χ3v) is 6.80. The van der Waals surface area contributed by atoms with Crippen LogP contribution in [0.3, 0.4) is 0 Å². The van der Waals surface area contributed by atoms with Gasteiger partial charge in [-0.25, -0.2) is 13.4 Å². The highest BCUT2D eigenvalue weighted by Gasteiger charge is 2.24. The third-order valence-electron chi connectivity index (χ3n) is 5.05. The van der Waals surface area contributed by atoms with E-state index in [2.05, 4.69) is 29.4 Å². The first kappa shape index (κ1) is 21.6. The molecule has 31 heavy (non-hydrogen) atoms. The fourth-order valence-electron chi connectivity index (χ4n) is 3.18. The van der Waals surface area contributed by atoms with Crippen LogP contribution in [0.5, 0.6) is 6.01 Å². The van der Waals surface area contributed by atoms with Crippen LogP contribution >= 0.6 is 11.5 Å². The van der Waals surface area contributed by atoms with E-state index in [-0.39, 0.29) is 10.9 Å². The number of aromatic nitrogens is 5. The minimum Gasteiger partial charge on any atom is -0.463 e. The molecule has 4 heterocycles. The Morgan fingerprint density at radius 2 is 2.03 bits per heavy atom. The highest BCUT2D eigenvalue weighted by molar-refractivity contribution is 7.90. The number of hydrogen-bond donors (Lipinski definition) is 0. The van der Waals surface area contributed by atoms with Crippen LogP contribution in [0, 0.1) is 5.92 Å². The maximum absolute atomic E-state index is 11.5. The normalized spacial score (nSPS) is 15.5. The summed E-state index contributed by atoms with van der Waals surface area (Å²) in [5.74, 6) is 1.37. The lowest BCUT2D eigenvalue weighted by Gasteiger charge is -2.29. The minimum atomic E-state index is -3.33. The van der Waals surface area contributed by atoms with E-state index in [0.29, 0.717) is 35.1 Å². The van der Waals surface area contributed by atoms with Crippen LogP contribution in [0.25, 0.3) is 10.6 Å². The van der Waals surface area contributed by atoms with Crippen LogP contribution < -0.4 is 9.64 Å². The number of pyridine rings is 1. The molecule has 0 saturated carbocycles. The summed E-state index contributed by atoms with van der Waals surface area (Å²) in [5, 5.41) is 4.69. The van der Waals surface area contributed by atoms with Crippen molar-refractivity contribution >= 4 is 27.4 Å². The first-order valence-electron chi connectivity index (χ1n) is 10.0. The predicted molar refractivity (Wildman–Crippen MR) is 115 cm³/mol. The second-order valence-corrected chi connectivity index (χ2v) is 10.6. The van der Waals surface area contributed by atoms with Gasteiger partial charge in [0.15, 0.2) is 20.7 Å². The molecule has 1 fully saturated rings. The van der Waals surface area contributed by atoms with Gasteiger partial charge in [0.05, 0.1) is 6.61 Å². The van der Waals surface area contributed by atoms with Crippen LogP contribution in [-0.4, -0.2) is 58.9 Å². The van der Waals surface area contributed by atoms with Gasteiger partial charge in [0, 0.05) is 37.0 Å². The van der Waals surface area contributed by atoms with Crippen molar-refractivity contribution in [2.45, 2.75) is 37.6 Å². The molecule has 4 rings (SSSR count). The van der Waals surface area contributed by atoms with Crippen molar-refractivity contribution in [1.29, 1.82) is 0 Å². The zero-order valence-electron chi connectivity index (χ0n) is 17.6. The molecule has 0 N–H and O–H groups in total. The van der Waals surface area contributed by atoms with E-state index in [1.165, 1.54) is 23.8 Å². The van der Waals surface area contributed by atoms with E-state index >= 15 is 0 Å². The number of anilines is 1. The van der Waals surface area contributed by atoms with Crippen LogP contribution in [-0.2, 0) is 9.84 Å². The van der Waals surface area contributed by atoms with E-state index in [1.807, 2.05) is 13.8 Å². The maximum Gasteiger partial charge on any atom is 0.328 e. The molecule has 1 saturated heterocycles.